The molecule has 0 aliphatic heterocycles. The van der Waals surface area contributed by atoms with E-state index >= 15 is 0 Å². The van der Waals surface area contributed by atoms with E-state index in [1.165, 1.54) is 5.52 Å². The van der Waals surface area contributed by atoms with Crippen LogP contribution in [0.5, 0.6) is 0 Å². The van der Waals surface area contributed by atoms with Crippen LogP contribution in [0.2, 0.25) is 0 Å². The average Bonchev–Trinajstić information content (AvgIpc) is 2.88. The predicted molar refractivity (Wildman–Crippen MR) is 75.4 cm³/mol. The molecule has 3 heterocycles. The first-order chi connectivity index (χ1) is 8.36. The highest BCUT2D eigenvalue weighted by Gasteiger charge is 2.13. The van der Waals surface area contributed by atoms with Gasteiger partial charge in [0.15, 0.2) is 0 Å². The molecule has 0 saturated heterocycles. The molecule has 0 bridgehead atoms. The maximum absolute atomic E-state index is 4.63. The Kier molecular flexibility index (Phi) is 1.77. The molecule has 0 spiro atoms. The Balaban J connectivity index is 2.41. The average molecular weight is 334 g/mol. The van der Waals surface area contributed by atoms with Crippen molar-refractivity contribution in [3.63, 3.8) is 0 Å². The number of imidazole rings is 2. The number of nitrogens with zero attached hydrogens (tertiary/aromatic N) is 4. The summed E-state index contributed by atoms with van der Waals surface area (Å²) >= 11 is 2.28. The van der Waals surface area contributed by atoms with Gasteiger partial charge in [-0.1, -0.05) is 12.1 Å². The number of hydrogen-bond donors (Lipinski definition) is 0. The maximum Gasteiger partial charge on any atom is 0.225 e. The normalized spacial score (nSPS) is 11.8. The van der Waals surface area contributed by atoms with Gasteiger partial charge in [0.05, 0.1) is 51.1 Å². The molecule has 3 aromatic heterocycles. The van der Waals surface area contributed by atoms with E-state index < -0.39 is 0 Å². The molecule has 0 atom stereocenters. The van der Waals surface area contributed by atoms with E-state index in [1.54, 1.807) is 6.20 Å². The van der Waals surface area contributed by atoms with Crippen molar-refractivity contribution in [2.75, 3.05) is 0 Å². The van der Waals surface area contributed by atoms with Crippen LogP contribution in [0.3, 0.4) is 0 Å². The summed E-state index contributed by atoms with van der Waals surface area (Å²) in [6, 6.07) is 10.2. The highest BCUT2D eigenvalue weighted by atomic mass is 127. The Hall–Kier alpha value is -1.63. The Bertz CT molecular complexity index is 859. The fourth-order valence-corrected chi connectivity index (χ4v) is 2.94. The van der Waals surface area contributed by atoms with E-state index in [9.17, 15) is 0 Å². The van der Waals surface area contributed by atoms with E-state index in [-0.39, 0.29) is 0 Å². The molecule has 4 aromatic rings. The first kappa shape index (κ1) is 9.41. The van der Waals surface area contributed by atoms with Gasteiger partial charge in [0.25, 0.3) is 0 Å². The molecule has 0 aliphatic rings. The summed E-state index contributed by atoms with van der Waals surface area (Å²) in [5.41, 5.74) is 4.36. The van der Waals surface area contributed by atoms with Crippen LogP contribution in [0.25, 0.3) is 27.8 Å². The minimum Gasteiger partial charge on any atom is -0.274 e. The minimum atomic E-state index is 0.940. The zero-order valence-electron chi connectivity index (χ0n) is 8.71. The van der Waals surface area contributed by atoms with Crippen LogP contribution in [0, 0.1) is 0 Å². The molecule has 5 heteroatoms. The van der Waals surface area contributed by atoms with Crippen LogP contribution in [-0.4, -0.2) is 17.1 Å². The second-order valence-corrected chi connectivity index (χ2v) is 4.85. The monoisotopic (exact) mass is 334 g/mol. The second kappa shape index (κ2) is 3.19. The van der Waals surface area contributed by atoms with E-state index in [0.29, 0.717) is 0 Å². The van der Waals surface area contributed by atoms with E-state index in [0.717, 1.165) is 22.3 Å². The lowest BCUT2D eigenvalue weighted by Crippen LogP contribution is -1.80. The number of halogens is 1. The van der Waals surface area contributed by atoms with Gasteiger partial charge in [-0.25, -0.2) is 7.76 Å². The van der Waals surface area contributed by atoms with Crippen LogP contribution < -0.4 is 0 Å². The van der Waals surface area contributed by atoms with Gasteiger partial charge in [0, 0.05) is 6.20 Å². The number of fused-ring (bicyclic) bond motifs is 5. The van der Waals surface area contributed by atoms with Gasteiger partial charge < -0.3 is 0 Å². The van der Waals surface area contributed by atoms with Crippen molar-refractivity contribution >= 4 is 50.7 Å². The molecule has 4 rings (SSSR count). The quantitative estimate of drug-likeness (QED) is 0.464. The molecule has 0 amide bonds. The summed E-state index contributed by atoms with van der Waals surface area (Å²) in [5.74, 6) is 0.940. The summed E-state index contributed by atoms with van der Waals surface area (Å²) in [5, 5.41) is 0. The largest absolute Gasteiger partial charge is 0.274 e. The van der Waals surface area contributed by atoms with Crippen molar-refractivity contribution in [3.05, 3.63) is 42.7 Å². The number of rotatable bonds is 0. The summed E-state index contributed by atoms with van der Waals surface area (Å²) in [7, 11) is 0. The molecule has 0 N–H and O–H groups in total. The number of aromatic nitrogens is 4. The number of para-hydroxylation sites is 2. The Labute approximate surface area is 110 Å². The highest BCUT2D eigenvalue weighted by Crippen LogP contribution is 2.26. The maximum atomic E-state index is 4.63. The SMILES string of the molecule is In1c2ccccc2n2c3cnccc3nc12. The first-order valence-corrected chi connectivity index (χ1v) is 6.20. The fourth-order valence-electron chi connectivity index (χ4n) is 2.21. The van der Waals surface area contributed by atoms with Crippen molar-refractivity contribution in [1.82, 2.24) is 17.1 Å². The smallest absolute Gasteiger partial charge is 0.225 e. The molecule has 0 fully saturated rings. The van der Waals surface area contributed by atoms with Gasteiger partial charge in [-0.05, 0) is 18.2 Å². The highest BCUT2D eigenvalue weighted by molar-refractivity contribution is 14.1. The summed E-state index contributed by atoms with van der Waals surface area (Å²) in [6.07, 6.45) is 3.63. The molecular weight excluding hydrogens is 327 g/mol. The van der Waals surface area contributed by atoms with Gasteiger partial charge >= 0.3 is 0 Å². The Morgan fingerprint density at radius 1 is 1.00 bits per heavy atom. The summed E-state index contributed by atoms with van der Waals surface area (Å²) in [4.78, 5) is 8.81. The van der Waals surface area contributed by atoms with Crippen molar-refractivity contribution in [2.45, 2.75) is 0 Å². The Morgan fingerprint density at radius 3 is 2.71 bits per heavy atom. The van der Waals surface area contributed by atoms with Gasteiger partial charge in [-0.2, -0.15) is 0 Å². The van der Waals surface area contributed by atoms with Crippen molar-refractivity contribution in [3.8, 4) is 0 Å². The molecule has 0 aliphatic carbocycles. The molecule has 0 saturated carbocycles. The molecule has 82 valence electrons. The second-order valence-electron chi connectivity index (χ2n) is 3.88. The standard InChI is InChI=1S/C12H7IN4/c13-17-10-4-2-1-3-9(10)16-11-7-14-6-5-8(11)15-12(16)17/h1-7H. The van der Waals surface area contributed by atoms with Gasteiger partial charge in [0.1, 0.15) is 0 Å². The summed E-state index contributed by atoms with van der Waals surface area (Å²) in [6.45, 7) is 0. The Morgan fingerprint density at radius 2 is 1.82 bits per heavy atom. The van der Waals surface area contributed by atoms with Gasteiger partial charge in [-0.15, -0.1) is 0 Å². The lowest BCUT2D eigenvalue weighted by atomic mass is 10.3. The van der Waals surface area contributed by atoms with Crippen LogP contribution in [0.4, 0.5) is 0 Å². The molecular formula is C12H7IN4. The predicted octanol–water partition coefficient (Wildman–Crippen LogP) is 3.04. The number of hydrogen-bond acceptors (Lipinski definition) is 2. The van der Waals surface area contributed by atoms with E-state index in [1.807, 2.05) is 24.4 Å². The molecule has 17 heavy (non-hydrogen) atoms. The lowest BCUT2D eigenvalue weighted by molar-refractivity contribution is 1.25. The topological polar surface area (TPSA) is 35.1 Å². The van der Waals surface area contributed by atoms with Crippen LogP contribution in [-0.2, 0) is 0 Å². The van der Waals surface area contributed by atoms with Crippen LogP contribution in [0.15, 0.2) is 42.7 Å². The molecule has 4 nitrogen and oxygen atoms in total. The summed E-state index contributed by atoms with van der Waals surface area (Å²) < 4.78 is 4.22. The number of benzene rings is 1. The van der Waals surface area contributed by atoms with Gasteiger partial charge in [-0.3, -0.25) is 9.38 Å². The van der Waals surface area contributed by atoms with Crippen molar-refractivity contribution in [1.29, 1.82) is 0 Å². The fraction of sp³-hybridized carbons (Fsp3) is 0. The van der Waals surface area contributed by atoms with E-state index in [4.69, 9.17) is 0 Å². The van der Waals surface area contributed by atoms with Crippen molar-refractivity contribution in [2.24, 2.45) is 0 Å². The third kappa shape index (κ3) is 1.12. The number of pyridine rings is 1. The minimum absolute atomic E-state index is 0.940. The molecule has 0 unspecified atom stereocenters. The molecule has 1 aromatic carbocycles. The first-order valence-electron chi connectivity index (χ1n) is 5.24. The lowest BCUT2D eigenvalue weighted by Gasteiger charge is -1.93. The third-order valence-electron chi connectivity index (χ3n) is 2.95. The third-order valence-corrected chi connectivity index (χ3v) is 3.90. The van der Waals surface area contributed by atoms with Crippen molar-refractivity contribution < 1.29 is 0 Å². The zero-order valence-corrected chi connectivity index (χ0v) is 10.9. The van der Waals surface area contributed by atoms with E-state index in [2.05, 4.69) is 52.1 Å². The van der Waals surface area contributed by atoms with Crippen LogP contribution in [0.1, 0.15) is 0 Å². The van der Waals surface area contributed by atoms with Gasteiger partial charge in [0.2, 0.25) is 5.78 Å². The molecule has 0 radical (unpaired) electrons. The zero-order chi connectivity index (χ0) is 11.4. The van der Waals surface area contributed by atoms with Crippen LogP contribution >= 0.6 is 22.9 Å².